The number of rotatable bonds is 8. The van der Waals surface area contributed by atoms with Crippen LogP contribution >= 0.6 is 0 Å². The maximum atomic E-state index is 12.5. The zero-order valence-corrected chi connectivity index (χ0v) is 16.2. The first-order valence-electron chi connectivity index (χ1n) is 9.95. The van der Waals surface area contributed by atoms with Crippen molar-refractivity contribution >= 4 is 6.09 Å². The minimum absolute atomic E-state index is 0.106. The molecular weight excluding hydrogens is 346 g/mol. The fraction of sp³-hybridized carbons (Fsp3) is 0.667. The van der Waals surface area contributed by atoms with Crippen LogP contribution in [0.1, 0.15) is 38.7 Å². The molecule has 1 aromatic carbocycles. The molecule has 6 nitrogen and oxygen atoms in total. The van der Waals surface area contributed by atoms with Crippen LogP contribution in [0.4, 0.5) is 4.79 Å². The third kappa shape index (κ3) is 5.67. The molecule has 2 heterocycles. The molecule has 2 N–H and O–H groups in total. The van der Waals surface area contributed by atoms with Gasteiger partial charge in [0, 0.05) is 0 Å². The monoisotopic (exact) mass is 377 g/mol. The van der Waals surface area contributed by atoms with Crippen LogP contribution in [0, 0.1) is 11.8 Å². The van der Waals surface area contributed by atoms with E-state index in [1.807, 2.05) is 30.3 Å². The van der Waals surface area contributed by atoms with E-state index >= 15 is 0 Å². The molecule has 2 aliphatic rings. The van der Waals surface area contributed by atoms with Crippen molar-refractivity contribution < 1.29 is 24.1 Å². The van der Waals surface area contributed by atoms with Crippen molar-refractivity contribution in [3.63, 3.8) is 0 Å². The second kappa shape index (κ2) is 9.53. The predicted molar refractivity (Wildman–Crippen MR) is 101 cm³/mol. The SMILES string of the molecule is CC(C)CCC(O)C(Cc1ccccc1)NC(=O)OC1COC2OCCC12. The van der Waals surface area contributed by atoms with Crippen LogP contribution in [0.3, 0.4) is 0 Å². The lowest BCUT2D eigenvalue weighted by Gasteiger charge is -2.26. The quantitative estimate of drug-likeness (QED) is 0.728. The summed E-state index contributed by atoms with van der Waals surface area (Å²) in [5, 5.41) is 13.6. The molecule has 1 aromatic rings. The number of aliphatic hydroxyl groups excluding tert-OH is 1. The highest BCUT2D eigenvalue weighted by molar-refractivity contribution is 5.68. The van der Waals surface area contributed by atoms with Gasteiger partial charge in [0.05, 0.1) is 31.3 Å². The van der Waals surface area contributed by atoms with Crippen molar-refractivity contribution in [1.29, 1.82) is 0 Å². The molecular formula is C21H31NO5. The molecule has 0 bridgehead atoms. The van der Waals surface area contributed by atoms with Crippen molar-refractivity contribution in [2.45, 2.75) is 64.1 Å². The van der Waals surface area contributed by atoms with E-state index in [1.54, 1.807) is 0 Å². The lowest BCUT2D eigenvalue weighted by molar-refractivity contribution is -0.0907. The van der Waals surface area contributed by atoms with E-state index in [-0.39, 0.29) is 18.3 Å². The van der Waals surface area contributed by atoms with Crippen LogP contribution in [0.2, 0.25) is 0 Å². The number of aliphatic hydroxyl groups is 1. The highest BCUT2D eigenvalue weighted by Crippen LogP contribution is 2.33. The predicted octanol–water partition coefficient (Wildman–Crippen LogP) is 2.88. The molecule has 5 atom stereocenters. The van der Waals surface area contributed by atoms with Crippen LogP contribution < -0.4 is 5.32 Å². The van der Waals surface area contributed by atoms with Crippen LogP contribution in [-0.2, 0) is 20.6 Å². The van der Waals surface area contributed by atoms with E-state index in [2.05, 4.69) is 19.2 Å². The molecule has 2 saturated heterocycles. The Labute approximate surface area is 161 Å². The van der Waals surface area contributed by atoms with Crippen LogP contribution in [0.5, 0.6) is 0 Å². The van der Waals surface area contributed by atoms with E-state index in [4.69, 9.17) is 14.2 Å². The summed E-state index contributed by atoms with van der Waals surface area (Å²) in [5.74, 6) is 0.605. The number of alkyl carbamates (subject to hydrolysis) is 1. The number of nitrogens with one attached hydrogen (secondary N) is 1. The molecule has 27 heavy (non-hydrogen) atoms. The first-order chi connectivity index (χ1) is 13.0. The van der Waals surface area contributed by atoms with Gasteiger partial charge < -0.3 is 24.6 Å². The van der Waals surface area contributed by atoms with Crippen molar-refractivity contribution in [3.05, 3.63) is 35.9 Å². The summed E-state index contributed by atoms with van der Waals surface area (Å²) < 4.78 is 16.6. The Hall–Kier alpha value is -1.63. The Morgan fingerprint density at radius 3 is 2.78 bits per heavy atom. The molecule has 2 fully saturated rings. The van der Waals surface area contributed by atoms with Gasteiger partial charge in [0.1, 0.15) is 6.10 Å². The molecule has 1 amide bonds. The van der Waals surface area contributed by atoms with Gasteiger partial charge in [-0.1, -0.05) is 44.2 Å². The number of hydrogen-bond donors (Lipinski definition) is 2. The molecule has 5 unspecified atom stereocenters. The molecule has 6 heteroatoms. The summed E-state index contributed by atoms with van der Waals surface area (Å²) in [6.07, 6.45) is 1.28. The highest BCUT2D eigenvalue weighted by atomic mass is 16.7. The smallest absolute Gasteiger partial charge is 0.407 e. The standard InChI is InChI=1S/C21H31NO5/c1-14(2)8-9-18(23)17(12-15-6-4-3-5-7-15)22-21(24)27-19-13-26-20-16(19)10-11-25-20/h3-7,14,16-20,23H,8-13H2,1-2H3,(H,22,24). The largest absolute Gasteiger partial charge is 0.443 e. The molecule has 0 aliphatic carbocycles. The maximum absolute atomic E-state index is 12.5. The normalized spacial score (nSPS) is 26.6. The molecule has 0 radical (unpaired) electrons. The Bertz CT molecular complexity index is 593. The van der Waals surface area contributed by atoms with Crippen LogP contribution in [-0.4, -0.2) is 49.0 Å². The van der Waals surface area contributed by atoms with Crippen LogP contribution in [0.15, 0.2) is 30.3 Å². The summed E-state index contributed by atoms with van der Waals surface area (Å²) in [6, 6.07) is 9.48. The number of benzene rings is 1. The lowest BCUT2D eigenvalue weighted by atomic mass is 9.95. The van der Waals surface area contributed by atoms with Gasteiger partial charge >= 0.3 is 6.09 Å². The Kier molecular flexibility index (Phi) is 7.10. The van der Waals surface area contributed by atoms with Gasteiger partial charge in [0.25, 0.3) is 0 Å². The van der Waals surface area contributed by atoms with Gasteiger partial charge in [0.15, 0.2) is 6.29 Å². The van der Waals surface area contributed by atoms with Crippen molar-refractivity contribution in [1.82, 2.24) is 5.32 Å². The van der Waals surface area contributed by atoms with Gasteiger partial charge in [-0.15, -0.1) is 0 Å². The fourth-order valence-corrected chi connectivity index (χ4v) is 3.73. The third-order valence-electron chi connectivity index (χ3n) is 5.35. The second-order valence-corrected chi connectivity index (χ2v) is 7.95. The van der Waals surface area contributed by atoms with E-state index in [9.17, 15) is 9.90 Å². The summed E-state index contributed by atoms with van der Waals surface area (Å²) in [7, 11) is 0. The minimum Gasteiger partial charge on any atom is -0.443 e. The third-order valence-corrected chi connectivity index (χ3v) is 5.35. The molecule has 3 rings (SSSR count). The summed E-state index contributed by atoms with van der Waals surface area (Å²) >= 11 is 0. The average molecular weight is 377 g/mol. The van der Waals surface area contributed by atoms with Crippen molar-refractivity contribution in [3.8, 4) is 0 Å². The number of hydrogen-bond acceptors (Lipinski definition) is 5. The van der Waals surface area contributed by atoms with E-state index < -0.39 is 18.2 Å². The van der Waals surface area contributed by atoms with Gasteiger partial charge in [-0.3, -0.25) is 0 Å². The molecule has 0 aromatic heterocycles. The Morgan fingerprint density at radius 1 is 1.26 bits per heavy atom. The van der Waals surface area contributed by atoms with Gasteiger partial charge in [-0.2, -0.15) is 0 Å². The van der Waals surface area contributed by atoms with Gasteiger partial charge in [-0.25, -0.2) is 4.79 Å². The fourth-order valence-electron chi connectivity index (χ4n) is 3.73. The molecule has 150 valence electrons. The molecule has 0 spiro atoms. The molecule has 2 aliphatic heterocycles. The zero-order valence-electron chi connectivity index (χ0n) is 16.2. The van der Waals surface area contributed by atoms with Crippen molar-refractivity contribution in [2.75, 3.05) is 13.2 Å². The summed E-state index contributed by atoms with van der Waals surface area (Å²) in [5.41, 5.74) is 1.07. The van der Waals surface area contributed by atoms with E-state index in [0.717, 1.165) is 18.4 Å². The lowest BCUT2D eigenvalue weighted by Crippen LogP contribution is -2.46. The first kappa shape index (κ1) is 20.1. The molecule has 0 saturated carbocycles. The topological polar surface area (TPSA) is 77.0 Å². The van der Waals surface area contributed by atoms with E-state index in [0.29, 0.717) is 32.0 Å². The Morgan fingerprint density at radius 2 is 2.04 bits per heavy atom. The van der Waals surface area contributed by atoms with Crippen molar-refractivity contribution in [2.24, 2.45) is 11.8 Å². The van der Waals surface area contributed by atoms with Gasteiger partial charge in [-0.05, 0) is 37.2 Å². The van der Waals surface area contributed by atoms with E-state index in [1.165, 1.54) is 0 Å². The maximum Gasteiger partial charge on any atom is 0.407 e. The number of carbonyl (C=O) groups excluding carboxylic acids is 1. The highest BCUT2D eigenvalue weighted by Gasteiger charge is 2.44. The van der Waals surface area contributed by atoms with Crippen LogP contribution in [0.25, 0.3) is 0 Å². The Balaban J connectivity index is 1.58. The second-order valence-electron chi connectivity index (χ2n) is 7.95. The number of fused-ring (bicyclic) bond motifs is 1. The minimum atomic E-state index is -0.623. The number of ether oxygens (including phenoxy) is 3. The van der Waals surface area contributed by atoms with Gasteiger partial charge in [0.2, 0.25) is 0 Å². The summed E-state index contributed by atoms with van der Waals surface area (Å²) in [4.78, 5) is 12.5. The average Bonchev–Trinajstić information content (AvgIpc) is 3.25. The summed E-state index contributed by atoms with van der Waals surface area (Å²) in [6.45, 7) is 5.25. The first-order valence-corrected chi connectivity index (χ1v) is 9.95. The number of carbonyl (C=O) groups is 1. The zero-order chi connectivity index (χ0) is 19.2. The number of amides is 1.